The Morgan fingerprint density at radius 1 is 1.17 bits per heavy atom. The fraction of sp³-hybridized carbons (Fsp3) is 0.438. The summed E-state index contributed by atoms with van der Waals surface area (Å²) in [7, 11) is 0. The molecule has 0 N–H and O–H groups in total. The van der Waals surface area contributed by atoms with E-state index in [1.54, 1.807) is 0 Å². The maximum absolute atomic E-state index is 5.20. The van der Waals surface area contributed by atoms with E-state index in [-0.39, 0.29) is 0 Å². The SMILES string of the molecule is C#CCOCCCCCC=NCc1ccccc1. The van der Waals surface area contributed by atoms with Crippen LogP contribution in [0, 0.1) is 12.3 Å². The van der Waals surface area contributed by atoms with Gasteiger partial charge >= 0.3 is 0 Å². The van der Waals surface area contributed by atoms with Gasteiger partial charge in [0, 0.05) is 6.61 Å². The normalized spacial score (nSPS) is 10.6. The van der Waals surface area contributed by atoms with Crippen LogP contribution in [0.4, 0.5) is 0 Å². The van der Waals surface area contributed by atoms with Crippen molar-refractivity contribution < 1.29 is 4.74 Å². The number of unbranched alkanes of at least 4 members (excludes halogenated alkanes) is 3. The molecule has 0 radical (unpaired) electrons. The second-order valence-corrected chi connectivity index (χ2v) is 4.11. The van der Waals surface area contributed by atoms with Crippen molar-refractivity contribution in [1.82, 2.24) is 0 Å². The summed E-state index contributed by atoms with van der Waals surface area (Å²) >= 11 is 0. The average molecular weight is 243 g/mol. The molecule has 1 aromatic rings. The van der Waals surface area contributed by atoms with Gasteiger partial charge in [0.05, 0.1) is 6.54 Å². The molecule has 0 saturated carbocycles. The largest absolute Gasteiger partial charge is 0.369 e. The molecular weight excluding hydrogens is 222 g/mol. The van der Waals surface area contributed by atoms with E-state index in [0.717, 1.165) is 32.4 Å². The highest BCUT2D eigenvalue weighted by molar-refractivity contribution is 5.57. The number of benzene rings is 1. The number of terminal acetylenes is 1. The van der Waals surface area contributed by atoms with Gasteiger partial charge in [-0.05, 0) is 31.0 Å². The van der Waals surface area contributed by atoms with E-state index >= 15 is 0 Å². The fourth-order valence-corrected chi connectivity index (χ4v) is 1.59. The molecule has 0 spiro atoms. The van der Waals surface area contributed by atoms with Gasteiger partial charge in [0.25, 0.3) is 0 Å². The van der Waals surface area contributed by atoms with E-state index in [1.807, 2.05) is 24.4 Å². The van der Waals surface area contributed by atoms with Crippen LogP contribution in [0.5, 0.6) is 0 Å². The molecule has 0 atom stereocenters. The quantitative estimate of drug-likeness (QED) is 0.370. The number of ether oxygens (including phenoxy) is 1. The minimum absolute atomic E-state index is 0.429. The summed E-state index contributed by atoms with van der Waals surface area (Å²) in [4.78, 5) is 4.41. The topological polar surface area (TPSA) is 21.6 Å². The highest BCUT2D eigenvalue weighted by atomic mass is 16.5. The Kier molecular flexibility index (Phi) is 8.49. The van der Waals surface area contributed by atoms with Crippen molar-refractivity contribution in [3.8, 4) is 12.3 Å². The van der Waals surface area contributed by atoms with Crippen molar-refractivity contribution in [1.29, 1.82) is 0 Å². The Labute approximate surface area is 110 Å². The molecule has 1 rings (SSSR count). The zero-order valence-electron chi connectivity index (χ0n) is 10.8. The molecule has 0 amide bonds. The lowest BCUT2D eigenvalue weighted by Crippen LogP contribution is -1.94. The van der Waals surface area contributed by atoms with Gasteiger partial charge in [-0.1, -0.05) is 42.7 Å². The van der Waals surface area contributed by atoms with Crippen molar-refractivity contribution in [2.75, 3.05) is 13.2 Å². The third-order valence-electron chi connectivity index (χ3n) is 2.55. The molecule has 0 aliphatic rings. The molecule has 96 valence electrons. The molecule has 0 aliphatic heterocycles. The maximum Gasteiger partial charge on any atom is 0.107 e. The standard InChI is InChI=1S/C16H21NO/c1-2-13-18-14-9-4-3-8-12-17-15-16-10-6-5-7-11-16/h1,5-7,10-12H,3-4,8-9,13-15H2. The first-order valence-electron chi connectivity index (χ1n) is 6.47. The highest BCUT2D eigenvalue weighted by Gasteiger charge is 1.89. The number of aliphatic imine (C=N–C) groups is 1. The molecule has 0 bridgehead atoms. The molecule has 2 heteroatoms. The lowest BCUT2D eigenvalue weighted by molar-refractivity contribution is 0.162. The summed E-state index contributed by atoms with van der Waals surface area (Å²) in [5.74, 6) is 2.46. The molecule has 0 aromatic heterocycles. The first kappa shape index (κ1) is 14.5. The summed E-state index contributed by atoms with van der Waals surface area (Å²) in [5, 5.41) is 0. The van der Waals surface area contributed by atoms with Crippen LogP contribution in [0.2, 0.25) is 0 Å². The summed E-state index contributed by atoms with van der Waals surface area (Å²) < 4.78 is 5.20. The second kappa shape index (κ2) is 10.6. The average Bonchev–Trinajstić information content (AvgIpc) is 2.42. The predicted octanol–water partition coefficient (Wildman–Crippen LogP) is 3.47. The Balaban J connectivity index is 1.93. The van der Waals surface area contributed by atoms with Crippen molar-refractivity contribution in [2.24, 2.45) is 4.99 Å². The van der Waals surface area contributed by atoms with Crippen LogP contribution in [0.15, 0.2) is 35.3 Å². The van der Waals surface area contributed by atoms with E-state index in [9.17, 15) is 0 Å². The van der Waals surface area contributed by atoms with Gasteiger partial charge in [-0.3, -0.25) is 4.99 Å². The zero-order chi connectivity index (χ0) is 12.9. The lowest BCUT2D eigenvalue weighted by Gasteiger charge is -1.99. The monoisotopic (exact) mass is 243 g/mol. The number of hydrogen-bond donors (Lipinski definition) is 0. The van der Waals surface area contributed by atoms with E-state index in [0.29, 0.717) is 6.61 Å². The molecule has 0 fully saturated rings. The van der Waals surface area contributed by atoms with Crippen LogP contribution in [0.3, 0.4) is 0 Å². The predicted molar refractivity (Wildman–Crippen MR) is 76.8 cm³/mol. The van der Waals surface area contributed by atoms with Crippen LogP contribution < -0.4 is 0 Å². The van der Waals surface area contributed by atoms with Gasteiger partial charge in [0.2, 0.25) is 0 Å². The Bertz CT molecular complexity index is 364. The summed E-state index contributed by atoms with van der Waals surface area (Å²) in [6, 6.07) is 10.3. The molecule has 0 unspecified atom stereocenters. The summed E-state index contributed by atoms with van der Waals surface area (Å²) in [6.45, 7) is 1.98. The zero-order valence-corrected chi connectivity index (χ0v) is 10.8. The van der Waals surface area contributed by atoms with Crippen molar-refractivity contribution in [3.05, 3.63) is 35.9 Å². The minimum atomic E-state index is 0.429. The van der Waals surface area contributed by atoms with E-state index < -0.39 is 0 Å². The Morgan fingerprint density at radius 2 is 2.00 bits per heavy atom. The molecule has 2 nitrogen and oxygen atoms in total. The smallest absolute Gasteiger partial charge is 0.107 e. The van der Waals surface area contributed by atoms with Crippen molar-refractivity contribution in [3.63, 3.8) is 0 Å². The molecule has 0 aliphatic carbocycles. The maximum atomic E-state index is 5.20. The van der Waals surface area contributed by atoms with Gasteiger partial charge in [-0.2, -0.15) is 0 Å². The molecule has 0 saturated heterocycles. The van der Waals surface area contributed by atoms with Crippen molar-refractivity contribution >= 4 is 6.21 Å². The van der Waals surface area contributed by atoms with E-state index in [1.165, 1.54) is 12.0 Å². The highest BCUT2D eigenvalue weighted by Crippen LogP contribution is 2.01. The first-order valence-corrected chi connectivity index (χ1v) is 6.47. The number of rotatable bonds is 9. The summed E-state index contributed by atoms with van der Waals surface area (Å²) in [5.41, 5.74) is 1.26. The lowest BCUT2D eigenvalue weighted by atomic mass is 10.2. The van der Waals surface area contributed by atoms with Gasteiger partial charge in [-0.25, -0.2) is 0 Å². The van der Waals surface area contributed by atoms with Crippen LogP contribution in [-0.2, 0) is 11.3 Å². The molecule has 0 heterocycles. The van der Waals surface area contributed by atoms with Gasteiger partial charge in [0.1, 0.15) is 6.61 Å². The van der Waals surface area contributed by atoms with Gasteiger partial charge in [-0.15, -0.1) is 6.42 Å². The van der Waals surface area contributed by atoms with Crippen molar-refractivity contribution in [2.45, 2.75) is 32.2 Å². The fourth-order valence-electron chi connectivity index (χ4n) is 1.59. The third kappa shape index (κ3) is 7.65. The number of hydrogen-bond acceptors (Lipinski definition) is 2. The molecular formula is C16H21NO. The second-order valence-electron chi connectivity index (χ2n) is 4.11. The Morgan fingerprint density at radius 3 is 2.78 bits per heavy atom. The van der Waals surface area contributed by atoms with E-state index in [4.69, 9.17) is 11.2 Å². The van der Waals surface area contributed by atoms with Crippen LogP contribution >= 0.6 is 0 Å². The van der Waals surface area contributed by atoms with Crippen LogP contribution in [0.25, 0.3) is 0 Å². The number of nitrogens with zero attached hydrogens (tertiary/aromatic N) is 1. The minimum Gasteiger partial charge on any atom is -0.369 e. The van der Waals surface area contributed by atoms with E-state index in [2.05, 4.69) is 23.0 Å². The first-order chi connectivity index (χ1) is 8.93. The van der Waals surface area contributed by atoms with Crippen LogP contribution in [-0.4, -0.2) is 19.4 Å². The third-order valence-corrected chi connectivity index (χ3v) is 2.55. The van der Waals surface area contributed by atoms with Gasteiger partial charge in [0.15, 0.2) is 0 Å². The summed E-state index contributed by atoms with van der Waals surface area (Å²) in [6.07, 6.45) is 11.6. The Hall–Kier alpha value is -1.59. The van der Waals surface area contributed by atoms with Gasteiger partial charge < -0.3 is 4.74 Å². The van der Waals surface area contributed by atoms with Crippen LogP contribution in [0.1, 0.15) is 31.2 Å². The molecule has 18 heavy (non-hydrogen) atoms. The molecule has 1 aromatic carbocycles.